The van der Waals surface area contributed by atoms with Crippen LogP contribution in [-0.2, 0) is 0 Å². The molecule has 7 nitrogen and oxygen atoms in total. The van der Waals surface area contributed by atoms with Gasteiger partial charge in [0.05, 0.1) is 9.82 Å². The molecule has 0 saturated carbocycles. The zero-order valence-electron chi connectivity index (χ0n) is 13.5. The van der Waals surface area contributed by atoms with Crippen LogP contribution in [0.1, 0.15) is 20.7 Å². The Morgan fingerprint density at radius 3 is 2.16 bits per heavy atom. The number of hydrogen-bond acceptors (Lipinski definition) is 5. The first-order chi connectivity index (χ1) is 12.0. The largest absolute Gasteiger partial charge is 0.350 e. The molecule has 0 aliphatic heterocycles. The lowest BCUT2D eigenvalue weighted by atomic mass is 10.2. The number of nitrogens with zero attached hydrogens (tertiary/aromatic N) is 1. The normalized spacial score (nSPS) is 10.1. The number of hydrogen-bond donors (Lipinski definition) is 2. The van der Waals surface area contributed by atoms with Crippen molar-refractivity contribution >= 4 is 29.3 Å². The van der Waals surface area contributed by atoms with Crippen LogP contribution in [0.4, 0.5) is 5.69 Å². The highest BCUT2D eigenvalue weighted by molar-refractivity contribution is 7.98. The van der Waals surface area contributed by atoms with Gasteiger partial charge in [-0.3, -0.25) is 19.7 Å². The number of carbonyl (C=O) groups is 2. The van der Waals surface area contributed by atoms with Crippen molar-refractivity contribution < 1.29 is 14.5 Å². The smallest absolute Gasteiger partial charge is 0.283 e. The fraction of sp³-hybridized carbons (Fsp3) is 0.176. The van der Waals surface area contributed by atoms with Crippen molar-refractivity contribution in [3.63, 3.8) is 0 Å². The molecule has 130 valence electrons. The summed E-state index contributed by atoms with van der Waals surface area (Å²) < 4.78 is 0. The van der Waals surface area contributed by atoms with Gasteiger partial charge in [0.15, 0.2) is 0 Å². The first kappa shape index (κ1) is 18.5. The summed E-state index contributed by atoms with van der Waals surface area (Å²) in [5.74, 6) is -0.653. The number of nitro groups is 1. The lowest BCUT2D eigenvalue weighted by Crippen LogP contribution is -2.34. The summed E-state index contributed by atoms with van der Waals surface area (Å²) in [4.78, 5) is 35.0. The summed E-state index contributed by atoms with van der Waals surface area (Å²) in [5, 5.41) is 16.4. The van der Waals surface area contributed by atoms with E-state index in [4.69, 9.17) is 0 Å². The molecular formula is C17H17N3O4S. The molecule has 2 aromatic carbocycles. The minimum Gasteiger partial charge on any atom is -0.350 e. The molecule has 0 saturated heterocycles. The SMILES string of the molecule is CSc1ccc(C(=O)NCCNC(=O)c2ccccc2)cc1[N+](=O)[O-]. The average molecular weight is 359 g/mol. The van der Waals surface area contributed by atoms with Gasteiger partial charge in [0.1, 0.15) is 0 Å². The number of benzene rings is 2. The molecule has 2 amide bonds. The van der Waals surface area contributed by atoms with Crippen LogP contribution in [0.25, 0.3) is 0 Å². The van der Waals surface area contributed by atoms with Crippen molar-refractivity contribution in [2.75, 3.05) is 19.3 Å². The highest BCUT2D eigenvalue weighted by Crippen LogP contribution is 2.28. The summed E-state index contributed by atoms with van der Waals surface area (Å²) in [5.41, 5.74) is 0.647. The lowest BCUT2D eigenvalue weighted by Gasteiger charge is -2.08. The molecule has 0 aliphatic rings. The quantitative estimate of drug-likeness (QED) is 0.342. The summed E-state index contributed by atoms with van der Waals surface area (Å²) in [7, 11) is 0. The van der Waals surface area contributed by atoms with E-state index in [-0.39, 0.29) is 30.2 Å². The Hall–Kier alpha value is -2.87. The lowest BCUT2D eigenvalue weighted by molar-refractivity contribution is -0.387. The molecule has 8 heteroatoms. The Kier molecular flexibility index (Phi) is 6.53. The molecule has 0 radical (unpaired) electrons. The second-order valence-electron chi connectivity index (χ2n) is 5.02. The first-order valence-corrected chi connectivity index (χ1v) is 8.69. The molecule has 0 spiro atoms. The number of amides is 2. The third kappa shape index (κ3) is 5.05. The first-order valence-electron chi connectivity index (χ1n) is 7.47. The zero-order chi connectivity index (χ0) is 18.2. The fourth-order valence-electron chi connectivity index (χ4n) is 2.12. The van der Waals surface area contributed by atoms with E-state index >= 15 is 0 Å². The van der Waals surface area contributed by atoms with E-state index in [0.717, 1.165) is 0 Å². The van der Waals surface area contributed by atoms with E-state index in [1.807, 2.05) is 6.07 Å². The molecule has 0 fully saturated rings. The molecule has 2 N–H and O–H groups in total. The highest BCUT2D eigenvalue weighted by atomic mass is 32.2. The maximum atomic E-state index is 12.1. The van der Waals surface area contributed by atoms with Crippen molar-refractivity contribution in [3.05, 3.63) is 69.8 Å². The molecule has 0 bridgehead atoms. The molecule has 2 aromatic rings. The third-order valence-corrected chi connectivity index (χ3v) is 4.15. The maximum absolute atomic E-state index is 12.1. The van der Waals surface area contributed by atoms with Crippen LogP contribution in [0.2, 0.25) is 0 Å². The zero-order valence-corrected chi connectivity index (χ0v) is 14.3. The van der Waals surface area contributed by atoms with Gasteiger partial charge in [-0.15, -0.1) is 11.8 Å². The van der Waals surface area contributed by atoms with Gasteiger partial charge in [-0.2, -0.15) is 0 Å². The molecule has 2 rings (SSSR count). The molecule has 0 unspecified atom stereocenters. The van der Waals surface area contributed by atoms with Gasteiger partial charge in [0.2, 0.25) is 0 Å². The second kappa shape index (κ2) is 8.84. The van der Waals surface area contributed by atoms with Crippen LogP contribution in [0.5, 0.6) is 0 Å². The molecule has 25 heavy (non-hydrogen) atoms. The van der Waals surface area contributed by atoms with E-state index in [1.165, 1.54) is 23.9 Å². The molecule has 0 aliphatic carbocycles. The van der Waals surface area contributed by atoms with Gasteiger partial charge >= 0.3 is 0 Å². The fourth-order valence-corrected chi connectivity index (χ4v) is 2.67. The minimum atomic E-state index is -0.511. The Morgan fingerprint density at radius 1 is 1.00 bits per heavy atom. The summed E-state index contributed by atoms with van der Waals surface area (Å²) in [6.07, 6.45) is 1.73. The van der Waals surface area contributed by atoms with Gasteiger partial charge < -0.3 is 10.6 Å². The monoisotopic (exact) mass is 359 g/mol. The van der Waals surface area contributed by atoms with E-state index in [2.05, 4.69) is 10.6 Å². The third-order valence-electron chi connectivity index (χ3n) is 3.37. The Bertz CT molecular complexity index is 781. The van der Waals surface area contributed by atoms with E-state index in [0.29, 0.717) is 10.5 Å². The topological polar surface area (TPSA) is 101 Å². The number of nitrogens with one attached hydrogen (secondary N) is 2. The van der Waals surface area contributed by atoms with Crippen molar-refractivity contribution in [2.45, 2.75) is 4.90 Å². The van der Waals surface area contributed by atoms with Gasteiger partial charge in [0, 0.05) is 30.3 Å². The van der Waals surface area contributed by atoms with E-state index < -0.39 is 10.8 Å². The number of nitro benzene ring substituents is 1. The minimum absolute atomic E-state index is 0.0995. The van der Waals surface area contributed by atoms with Crippen LogP contribution >= 0.6 is 11.8 Å². The van der Waals surface area contributed by atoms with Crippen LogP contribution in [0.3, 0.4) is 0 Å². The Balaban J connectivity index is 1.87. The molecule has 0 heterocycles. The molecular weight excluding hydrogens is 342 g/mol. The predicted octanol–water partition coefficient (Wildman–Crippen LogP) is 2.48. The summed E-state index contributed by atoms with van der Waals surface area (Å²) >= 11 is 1.25. The van der Waals surface area contributed by atoms with Gasteiger partial charge in [-0.1, -0.05) is 18.2 Å². The standard InChI is InChI=1S/C17H17N3O4S/c1-25-15-8-7-13(11-14(15)20(23)24)17(22)19-10-9-18-16(21)12-5-3-2-4-6-12/h2-8,11H,9-10H2,1H3,(H,18,21)(H,19,22). The van der Waals surface area contributed by atoms with E-state index in [1.54, 1.807) is 36.6 Å². The second-order valence-corrected chi connectivity index (χ2v) is 5.87. The van der Waals surface area contributed by atoms with Crippen LogP contribution in [0, 0.1) is 10.1 Å². The van der Waals surface area contributed by atoms with Gasteiger partial charge in [0.25, 0.3) is 17.5 Å². The van der Waals surface area contributed by atoms with Crippen molar-refractivity contribution in [3.8, 4) is 0 Å². The van der Waals surface area contributed by atoms with E-state index in [9.17, 15) is 19.7 Å². The average Bonchev–Trinajstić information content (AvgIpc) is 2.64. The highest BCUT2D eigenvalue weighted by Gasteiger charge is 2.16. The summed E-state index contributed by atoms with van der Waals surface area (Å²) in [6, 6.07) is 13.1. The molecule has 0 aromatic heterocycles. The predicted molar refractivity (Wildman–Crippen MR) is 96.0 cm³/mol. The van der Waals surface area contributed by atoms with Crippen LogP contribution < -0.4 is 10.6 Å². The van der Waals surface area contributed by atoms with Crippen LogP contribution in [0.15, 0.2) is 53.4 Å². The van der Waals surface area contributed by atoms with Gasteiger partial charge in [-0.25, -0.2) is 0 Å². The number of thioether (sulfide) groups is 1. The maximum Gasteiger partial charge on any atom is 0.283 e. The van der Waals surface area contributed by atoms with Crippen molar-refractivity contribution in [1.82, 2.24) is 10.6 Å². The number of carbonyl (C=O) groups excluding carboxylic acids is 2. The Morgan fingerprint density at radius 2 is 1.60 bits per heavy atom. The van der Waals surface area contributed by atoms with Gasteiger partial charge in [-0.05, 0) is 30.5 Å². The summed E-state index contributed by atoms with van der Waals surface area (Å²) in [6.45, 7) is 0.472. The van der Waals surface area contributed by atoms with Crippen LogP contribution in [-0.4, -0.2) is 36.1 Å². The van der Waals surface area contributed by atoms with Crippen molar-refractivity contribution in [1.29, 1.82) is 0 Å². The number of rotatable bonds is 7. The van der Waals surface area contributed by atoms with Crippen molar-refractivity contribution in [2.24, 2.45) is 0 Å². The molecule has 0 atom stereocenters. The Labute approximate surface area is 149 Å².